The molecule has 1 aliphatic rings. The number of carbonyl (C=O) groups is 4. The summed E-state index contributed by atoms with van der Waals surface area (Å²) in [6, 6.07) is 1.16. The third-order valence-corrected chi connectivity index (χ3v) is 4.45. The molecular formula is C20H22N6O7. The van der Waals surface area contributed by atoms with E-state index in [9.17, 15) is 24.3 Å². The summed E-state index contributed by atoms with van der Waals surface area (Å²) in [5, 5.41) is 40.3. The van der Waals surface area contributed by atoms with E-state index in [-0.39, 0.29) is 59.3 Å². The summed E-state index contributed by atoms with van der Waals surface area (Å²) in [4.78, 5) is 54.5. The number of carboxylic acid groups (broad SMARTS) is 2. The van der Waals surface area contributed by atoms with Gasteiger partial charge in [-0.25, -0.2) is 14.8 Å². The number of hydrogen-bond acceptors (Lipinski definition) is 8. The van der Waals surface area contributed by atoms with Crippen molar-refractivity contribution in [1.82, 2.24) is 10.3 Å². The second-order valence-electron chi connectivity index (χ2n) is 6.91. The molecule has 174 valence electrons. The zero-order valence-corrected chi connectivity index (χ0v) is 17.3. The lowest BCUT2D eigenvalue weighted by Gasteiger charge is -2.16. The summed E-state index contributed by atoms with van der Waals surface area (Å²) >= 11 is 0. The zero-order chi connectivity index (χ0) is 24.7. The summed E-state index contributed by atoms with van der Waals surface area (Å²) in [6.45, 7) is 3.57. The number of pyridine rings is 1. The van der Waals surface area contributed by atoms with Crippen molar-refractivity contribution in [2.24, 2.45) is 10.7 Å². The van der Waals surface area contributed by atoms with Crippen LogP contribution in [0.3, 0.4) is 0 Å². The summed E-state index contributed by atoms with van der Waals surface area (Å²) in [6.07, 6.45) is 0.0687. The maximum absolute atomic E-state index is 12.4. The fourth-order valence-electron chi connectivity index (χ4n) is 2.83. The average molecular weight is 458 g/mol. The number of amidine groups is 2. The van der Waals surface area contributed by atoms with Crippen molar-refractivity contribution in [3.63, 3.8) is 0 Å². The SMILES string of the molecule is C=Cc1nc(C(=O)N[C@@H](CCC(=O)O)C(=O)O)ccc1NC(=O)CC1=C(O)CC(N)=NC1=N. The van der Waals surface area contributed by atoms with Crippen LogP contribution in [0.2, 0.25) is 0 Å². The molecule has 0 unspecified atom stereocenters. The molecule has 1 atom stereocenters. The maximum Gasteiger partial charge on any atom is 0.326 e. The number of aliphatic hydroxyl groups excluding tert-OH is 1. The number of carboxylic acids is 2. The number of nitrogens with two attached hydrogens (primary N) is 1. The topological polar surface area (TPSA) is 228 Å². The van der Waals surface area contributed by atoms with Crippen molar-refractivity contribution in [2.45, 2.75) is 31.7 Å². The Balaban J connectivity index is 2.12. The number of anilines is 1. The van der Waals surface area contributed by atoms with Crippen molar-refractivity contribution in [1.29, 1.82) is 5.41 Å². The Morgan fingerprint density at radius 3 is 2.55 bits per heavy atom. The summed E-state index contributed by atoms with van der Waals surface area (Å²) in [5.74, 6) is -4.54. The molecule has 2 amide bonds. The number of dihydropyridines is 1. The Morgan fingerprint density at radius 1 is 1.27 bits per heavy atom. The molecule has 2 heterocycles. The van der Waals surface area contributed by atoms with Gasteiger partial charge < -0.3 is 31.7 Å². The van der Waals surface area contributed by atoms with Crippen molar-refractivity contribution < 1.29 is 34.5 Å². The number of rotatable bonds is 10. The Kier molecular flexibility index (Phi) is 7.98. The molecule has 0 saturated carbocycles. The molecule has 0 radical (unpaired) electrons. The maximum atomic E-state index is 12.4. The minimum absolute atomic E-state index is 0.0203. The Hall–Kier alpha value is -4.55. The highest BCUT2D eigenvalue weighted by Gasteiger charge is 2.24. The van der Waals surface area contributed by atoms with E-state index in [0.29, 0.717) is 0 Å². The molecule has 0 saturated heterocycles. The monoisotopic (exact) mass is 458 g/mol. The number of nitrogens with zero attached hydrogens (tertiary/aromatic N) is 2. The van der Waals surface area contributed by atoms with Gasteiger partial charge >= 0.3 is 11.9 Å². The van der Waals surface area contributed by atoms with Crippen molar-refractivity contribution >= 4 is 47.2 Å². The van der Waals surface area contributed by atoms with E-state index >= 15 is 0 Å². The molecule has 0 aromatic carbocycles. The van der Waals surface area contributed by atoms with Crippen LogP contribution in [0.5, 0.6) is 0 Å². The van der Waals surface area contributed by atoms with Gasteiger partial charge in [-0.1, -0.05) is 6.58 Å². The number of amides is 2. The molecule has 13 heteroatoms. The van der Waals surface area contributed by atoms with Gasteiger partial charge in [-0.2, -0.15) is 0 Å². The Labute approximate surface area is 187 Å². The van der Waals surface area contributed by atoms with E-state index in [2.05, 4.69) is 27.2 Å². The number of aliphatic imine (C=N–C) groups is 1. The second-order valence-corrected chi connectivity index (χ2v) is 6.91. The van der Waals surface area contributed by atoms with Crippen LogP contribution in [0.4, 0.5) is 5.69 Å². The minimum Gasteiger partial charge on any atom is -0.511 e. The van der Waals surface area contributed by atoms with Crippen LogP contribution in [0.15, 0.2) is 35.0 Å². The molecule has 1 aromatic heterocycles. The highest BCUT2D eigenvalue weighted by Crippen LogP contribution is 2.20. The molecule has 1 aromatic rings. The first-order valence-electron chi connectivity index (χ1n) is 9.53. The van der Waals surface area contributed by atoms with E-state index in [1.807, 2.05) is 0 Å². The predicted molar refractivity (Wildman–Crippen MR) is 117 cm³/mol. The molecule has 1 aliphatic heterocycles. The molecule has 0 bridgehead atoms. The van der Waals surface area contributed by atoms with Crippen molar-refractivity contribution in [2.75, 3.05) is 5.32 Å². The molecular weight excluding hydrogens is 436 g/mol. The second kappa shape index (κ2) is 10.7. The molecule has 8 N–H and O–H groups in total. The van der Waals surface area contributed by atoms with Gasteiger partial charge in [-0.3, -0.25) is 19.8 Å². The smallest absolute Gasteiger partial charge is 0.326 e. The van der Waals surface area contributed by atoms with E-state index < -0.39 is 36.2 Å². The third-order valence-electron chi connectivity index (χ3n) is 4.45. The van der Waals surface area contributed by atoms with Gasteiger partial charge in [0, 0.05) is 12.0 Å². The fourth-order valence-corrected chi connectivity index (χ4v) is 2.83. The number of hydrogen-bond donors (Lipinski definition) is 7. The van der Waals surface area contributed by atoms with E-state index in [1.165, 1.54) is 18.2 Å². The van der Waals surface area contributed by atoms with Crippen LogP contribution < -0.4 is 16.4 Å². The van der Waals surface area contributed by atoms with E-state index in [1.54, 1.807) is 0 Å². The minimum atomic E-state index is -1.43. The lowest BCUT2D eigenvalue weighted by molar-refractivity contribution is -0.140. The van der Waals surface area contributed by atoms with Crippen molar-refractivity contribution in [3.05, 3.63) is 41.4 Å². The first kappa shape index (κ1) is 24.7. The van der Waals surface area contributed by atoms with Crippen LogP contribution in [0.1, 0.15) is 41.9 Å². The Bertz CT molecular complexity index is 1090. The molecule has 0 fully saturated rings. The first-order valence-corrected chi connectivity index (χ1v) is 9.53. The first-order chi connectivity index (χ1) is 15.5. The summed E-state index contributed by atoms with van der Waals surface area (Å²) in [5.41, 5.74) is 5.61. The molecule has 13 nitrogen and oxygen atoms in total. The average Bonchev–Trinajstić information content (AvgIpc) is 2.73. The van der Waals surface area contributed by atoms with Gasteiger partial charge in [0.25, 0.3) is 5.91 Å². The highest BCUT2D eigenvalue weighted by molar-refractivity contribution is 6.11. The van der Waals surface area contributed by atoms with Gasteiger partial charge in [0.05, 0.1) is 24.2 Å². The van der Waals surface area contributed by atoms with Gasteiger partial charge in [0.2, 0.25) is 5.91 Å². The van der Waals surface area contributed by atoms with Crippen molar-refractivity contribution in [3.8, 4) is 0 Å². The summed E-state index contributed by atoms with van der Waals surface area (Å²) in [7, 11) is 0. The zero-order valence-electron chi connectivity index (χ0n) is 17.3. The highest BCUT2D eigenvalue weighted by atomic mass is 16.4. The van der Waals surface area contributed by atoms with Crippen LogP contribution in [-0.2, 0) is 14.4 Å². The predicted octanol–water partition coefficient (Wildman–Crippen LogP) is 0.651. The van der Waals surface area contributed by atoms with E-state index in [4.69, 9.17) is 21.4 Å². The largest absolute Gasteiger partial charge is 0.511 e. The third kappa shape index (κ3) is 6.72. The molecule has 0 aliphatic carbocycles. The van der Waals surface area contributed by atoms with Gasteiger partial charge in [-0.15, -0.1) is 0 Å². The quantitative estimate of drug-likeness (QED) is 0.260. The van der Waals surface area contributed by atoms with Gasteiger partial charge in [0.15, 0.2) is 5.84 Å². The molecule has 0 spiro atoms. The lowest BCUT2D eigenvalue weighted by Crippen LogP contribution is -2.41. The standard InChI is InChI=1S/C20H22N6O7/c1-2-10-11(24-16(28)7-9-14(27)8-15(21)26-18(9)22)3-4-12(23-10)19(31)25-13(20(32)33)5-6-17(29)30/h2-4,13,27H,1,5-8H2,(H,24,28)(H,25,31)(H,29,30)(H,32,33)(H3,21,22,26)/t13-/m0/s1. The molecule has 2 rings (SSSR count). The van der Waals surface area contributed by atoms with Crippen LogP contribution in [-0.4, -0.2) is 61.8 Å². The van der Waals surface area contributed by atoms with Crippen LogP contribution in [0.25, 0.3) is 6.08 Å². The number of nitrogens with one attached hydrogen (secondary N) is 3. The number of aliphatic hydroxyl groups is 1. The van der Waals surface area contributed by atoms with Crippen LogP contribution in [0, 0.1) is 5.41 Å². The number of aliphatic carboxylic acids is 2. The molecule has 33 heavy (non-hydrogen) atoms. The summed E-state index contributed by atoms with van der Waals surface area (Å²) < 4.78 is 0. The van der Waals surface area contributed by atoms with Crippen LogP contribution >= 0.6 is 0 Å². The normalized spacial score (nSPS) is 14.2. The van der Waals surface area contributed by atoms with Gasteiger partial charge in [-0.05, 0) is 24.6 Å². The fraction of sp³-hybridized carbons (Fsp3) is 0.250. The van der Waals surface area contributed by atoms with Gasteiger partial charge in [0.1, 0.15) is 23.3 Å². The number of carbonyl (C=O) groups excluding carboxylic acids is 2. The Morgan fingerprint density at radius 2 is 1.97 bits per heavy atom. The number of aromatic nitrogens is 1. The lowest BCUT2D eigenvalue weighted by atomic mass is 10.0. The van der Waals surface area contributed by atoms with E-state index in [0.717, 1.165) is 0 Å².